The molecule has 0 aliphatic rings. The number of fused-ring (bicyclic) bond motifs is 1. The van der Waals surface area contributed by atoms with Crippen molar-refractivity contribution in [3.05, 3.63) is 82.9 Å². The van der Waals surface area contributed by atoms with Crippen LogP contribution in [0.25, 0.3) is 10.8 Å². The molecule has 0 N–H and O–H groups in total. The molecule has 126 valence electrons. The van der Waals surface area contributed by atoms with Gasteiger partial charge in [0.05, 0.1) is 0 Å². The van der Waals surface area contributed by atoms with Crippen LogP contribution in [0.4, 0.5) is 0 Å². The van der Waals surface area contributed by atoms with E-state index >= 15 is 0 Å². The average Bonchev–Trinajstić information content (AvgIpc) is 2.60. The second-order valence-corrected chi connectivity index (χ2v) is 7.31. The molecule has 0 saturated heterocycles. The molecule has 0 aromatic heterocycles. The van der Waals surface area contributed by atoms with Crippen LogP contribution in [0.15, 0.2) is 60.7 Å². The fraction of sp³-hybridized carbons (Fsp3) is 0.280. The molecule has 0 bridgehead atoms. The fourth-order valence-corrected chi connectivity index (χ4v) is 3.22. The Hall–Kier alpha value is -2.52. The summed E-state index contributed by atoms with van der Waals surface area (Å²) in [5.74, 6) is 7.57. The maximum Gasteiger partial charge on any atom is 0.0280 e. The Morgan fingerprint density at radius 1 is 0.760 bits per heavy atom. The van der Waals surface area contributed by atoms with Gasteiger partial charge in [-0.3, -0.25) is 0 Å². The third kappa shape index (κ3) is 4.12. The van der Waals surface area contributed by atoms with Gasteiger partial charge < -0.3 is 0 Å². The quantitative estimate of drug-likeness (QED) is 0.478. The minimum Gasteiger partial charge on any atom is -0.0951 e. The SMILES string of the molecule is CC(C)C#Cc1ccccc1Cc1cc2ccccc2cc1C(C)C. The van der Waals surface area contributed by atoms with E-state index in [0.29, 0.717) is 11.8 Å². The fourth-order valence-electron chi connectivity index (χ4n) is 3.22. The summed E-state index contributed by atoms with van der Waals surface area (Å²) in [6.07, 6.45) is 0.932. The van der Waals surface area contributed by atoms with Gasteiger partial charge in [-0.1, -0.05) is 94.1 Å². The molecule has 0 aliphatic heterocycles. The van der Waals surface area contributed by atoms with E-state index in [9.17, 15) is 0 Å². The second kappa shape index (κ2) is 7.58. The Labute approximate surface area is 151 Å². The van der Waals surface area contributed by atoms with Crippen LogP contribution in [0.3, 0.4) is 0 Å². The van der Waals surface area contributed by atoms with Gasteiger partial charge in [-0.25, -0.2) is 0 Å². The van der Waals surface area contributed by atoms with Crippen molar-refractivity contribution in [3.63, 3.8) is 0 Å². The largest absolute Gasteiger partial charge is 0.0951 e. The molecule has 0 heteroatoms. The molecule has 25 heavy (non-hydrogen) atoms. The summed E-state index contributed by atoms with van der Waals surface area (Å²) >= 11 is 0. The highest BCUT2D eigenvalue weighted by Crippen LogP contribution is 2.28. The molecule has 3 aromatic carbocycles. The molecular formula is C25H26. The lowest BCUT2D eigenvalue weighted by atomic mass is 9.89. The minimum absolute atomic E-state index is 0.389. The Kier molecular flexibility index (Phi) is 5.25. The highest BCUT2D eigenvalue weighted by molar-refractivity contribution is 5.84. The lowest BCUT2D eigenvalue weighted by molar-refractivity contribution is 0.850. The Balaban J connectivity index is 2.06. The summed E-state index contributed by atoms with van der Waals surface area (Å²) in [6.45, 7) is 8.82. The number of rotatable bonds is 3. The summed E-state index contributed by atoms with van der Waals surface area (Å²) in [5, 5.41) is 2.63. The first-order valence-electron chi connectivity index (χ1n) is 9.15. The molecule has 0 aliphatic carbocycles. The average molecular weight is 326 g/mol. The molecule has 3 aromatic rings. The van der Waals surface area contributed by atoms with Crippen LogP contribution >= 0.6 is 0 Å². The normalized spacial score (nSPS) is 11.0. The van der Waals surface area contributed by atoms with E-state index in [1.807, 2.05) is 0 Å². The number of hydrogen-bond acceptors (Lipinski definition) is 0. The van der Waals surface area contributed by atoms with Crippen LogP contribution < -0.4 is 0 Å². The van der Waals surface area contributed by atoms with E-state index in [1.165, 1.54) is 27.5 Å². The van der Waals surface area contributed by atoms with Crippen LogP contribution in [-0.2, 0) is 6.42 Å². The van der Waals surface area contributed by atoms with Gasteiger partial charge in [0.15, 0.2) is 0 Å². The van der Waals surface area contributed by atoms with Crippen molar-refractivity contribution in [2.75, 3.05) is 0 Å². The highest BCUT2D eigenvalue weighted by Gasteiger charge is 2.11. The van der Waals surface area contributed by atoms with Gasteiger partial charge in [0.25, 0.3) is 0 Å². The van der Waals surface area contributed by atoms with E-state index in [-0.39, 0.29) is 0 Å². The molecule has 0 heterocycles. The van der Waals surface area contributed by atoms with Crippen molar-refractivity contribution in [1.29, 1.82) is 0 Å². The van der Waals surface area contributed by atoms with Crippen molar-refractivity contribution < 1.29 is 0 Å². The summed E-state index contributed by atoms with van der Waals surface area (Å²) < 4.78 is 0. The van der Waals surface area contributed by atoms with E-state index in [2.05, 4.69) is 100 Å². The molecule has 0 radical (unpaired) electrons. The van der Waals surface area contributed by atoms with E-state index in [1.54, 1.807) is 0 Å². The lowest BCUT2D eigenvalue weighted by Crippen LogP contribution is -2.00. The van der Waals surface area contributed by atoms with Crippen LogP contribution in [0.1, 0.15) is 55.9 Å². The van der Waals surface area contributed by atoms with Crippen molar-refractivity contribution >= 4 is 10.8 Å². The molecule has 0 amide bonds. The molecule has 0 unspecified atom stereocenters. The third-order valence-corrected chi connectivity index (χ3v) is 4.52. The summed E-state index contributed by atoms with van der Waals surface area (Å²) in [7, 11) is 0. The van der Waals surface area contributed by atoms with Crippen LogP contribution in [0.5, 0.6) is 0 Å². The number of benzene rings is 3. The van der Waals surface area contributed by atoms with Gasteiger partial charge in [0.2, 0.25) is 0 Å². The maximum absolute atomic E-state index is 3.37. The molecule has 0 saturated carbocycles. The standard InChI is InChI=1S/C25H26/c1-18(2)13-14-20-9-5-6-10-21(20)15-24-16-22-11-7-8-12-23(22)17-25(24)19(3)4/h5-12,16-19H,15H2,1-4H3. The monoisotopic (exact) mass is 326 g/mol. The first kappa shape index (κ1) is 17.3. The van der Waals surface area contributed by atoms with E-state index in [4.69, 9.17) is 0 Å². The summed E-state index contributed by atoms with van der Waals surface area (Å²) in [5.41, 5.74) is 5.31. The zero-order valence-corrected chi connectivity index (χ0v) is 15.6. The van der Waals surface area contributed by atoms with Crippen LogP contribution in [0, 0.1) is 17.8 Å². The van der Waals surface area contributed by atoms with Crippen molar-refractivity contribution in [3.8, 4) is 11.8 Å². The van der Waals surface area contributed by atoms with Gasteiger partial charge in [-0.2, -0.15) is 0 Å². The molecular weight excluding hydrogens is 300 g/mol. The summed E-state index contributed by atoms with van der Waals surface area (Å²) in [4.78, 5) is 0. The molecule has 0 spiro atoms. The van der Waals surface area contributed by atoms with Gasteiger partial charge in [-0.15, -0.1) is 0 Å². The molecule has 0 nitrogen and oxygen atoms in total. The predicted octanol–water partition coefficient (Wildman–Crippen LogP) is 6.56. The van der Waals surface area contributed by atoms with Gasteiger partial charge in [0.1, 0.15) is 0 Å². The lowest BCUT2D eigenvalue weighted by Gasteiger charge is -2.15. The first-order chi connectivity index (χ1) is 12.0. The van der Waals surface area contributed by atoms with E-state index in [0.717, 1.165) is 12.0 Å². The molecule has 0 atom stereocenters. The van der Waals surface area contributed by atoms with Gasteiger partial charge in [-0.05, 0) is 45.9 Å². The third-order valence-electron chi connectivity index (χ3n) is 4.52. The first-order valence-corrected chi connectivity index (χ1v) is 9.15. The van der Waals surface area contributed by atoms with Crippen molar-refractivity contribution in [2.24, 2.45) is 5.92 Å². The number of hydrogen-bond donors (Lipinski definition) is 0. The Morgan fingerprint density at radius 3 is 2.08 bits per heavy atom. The Bertz CT molecular complexity index is 933. The minimum atomic E-state index is 0.389. The molecule has 0 fully saturated rings. The smallest absolute Gasteiger partial charge is 0.0280 e. The topological polar surface area (TPSA) is 0 Å². The zero-order chi connectivity index (χ0) is 17.8. The maximum atomic E-state index is 3.37. The van der Waals surface area contributed by atoms with E-state index < -0.39 is 0 Å². The Morgan fingerprint density at radius 2 is 1.40 bits per heavy atom. The van der Waals surface area contributed by atoms with Crippen molar-refractivity contribution in [2.45, 2.75) is 40.0 Å². The van der Waals surface area contributed by atoms with Gasteiger partial charge >= 0.3 is 0 Å². The predicted molar refractivity (Wildman–Crippen MR) is 109 cm³/mol. The van der Waals surface area contributed by atoms with Gasteiger partial charge in [0, 0.05) is 11.5 Å². The van der Waals surface area contributed by atoms with Crippen LogP contribution in [0.2, 0.25) is 0 Å². The summed E-state index contributed by atoms with van der Waals surface area (Å²) in [6, 6.07) is 21.9. The van der Waals surface area contributed by atoms with Crippen molar-refractivity contribution in [1.82, 2.24) is 0 Å². The highest BCUT2D eigenvalue weighted by atomic mass is 14.1. The molecule has 3 rings (SSSR count). The second-order valence-electron chi connectivity index (χ2n) is 7.31. The zero-order valence-electron chi connectivity index (χ0n) is 15.6. The van der Waals surface area contributed by atoms with Crippen LogP contribution in [-0.4, -0.2) is 0 Å².